The summed E-state index contributed by atoms with van der Waals surface area (Å²) in [5.41, 5.74) is 11.1. The molecule has 0 aliphatic rings. The van der Waals surface area contributed by atoms with Gasteiger partial charge in [0.15, 0.2) is 5.82 Å². The maximum atomic E-state index is 5.41. The van der Waals surface area contributed by atoms with Gasteiger partial charge in [-0.15, -0.1) is 0 Å². The van der Waals surface area contributed by atoms with Crippen molar-refractivity contribution in [3.05, 3.63) is 182 Å². The third kappa shape index (κ3) is 5.26. The van der Waals surface area contributed by atoms with E-state index in [9.17, 15) is 0 Å². The van der Waals surface area contributed by atoms with Crippen molar-refractivity contribution in [1.82, 2.24) is 19.7 Å². The van der Waals surface area contributed by atoms with Crippen LogP contribution < -0.4 is 0 Å². The van der Waals surface area contributed by atoms with Gasteiger partial charge in [0.25, 0.3) is 0 Å². The summed E-state index contributed by atoms with van der Waals surface area (Å²) in [7, 11) is 0. The third-order valence-electron chi connectivity index (χ3n) is 9.02. The van der Waals surface area contributed by atoms with Crippen molar-refractivity contribution in [2.45, 2.75) is 0 Å². The van der Waals surface area contributed by atoms with Crippen molar-refractivity contribution in [3.8, 4) is 62.0 Å². The Balaban J connectivity index is 1.30. The third-order valence-corrected chi connectivity index (χ3v) is 9.02. The molecule has 0 atom stereocenters. The first-order valence-electron chi connectivity index (χ1n) is 16.5. The van der Waals surface area contributed by atoms with Gasteiger partial charge < -0.3 is 0 Å². The zero-order chi connectivity index (χ0) is 32.6. The predicted molar refractivity (Wildman–Crippen MR) is 201 cm³/mol. The molecule has 4 nitrogen and oxygen atoms in total. The van der Waals surface area contributed by atoms with Gasteiger partial charge in [0.1, 0.15) is 5.69 Å². The van der Waals surface area contributed by atoms with E-state index in [-0.39, 0.29) is 0 Å². The van der Waals surface area contributed by atoms with E-state index in [0.717, 1.165) is 72.4 Å². The van der Waals surface area contributed by atoms with Crippen molar-refractivity contribution in [2.24, 2.45) is 0 Å². The maximum absolute atomic E-state index is 5.41. The average molecular weight is 627 g/mol. The van der Waals surface area contributed by atoms with E-state index >= 15 is 0 Å². The molecule has 0 bridgehead atoms. The van der Waals surface area contributed by atoms with Crippen LogP contribution in [0.4, 0.5) is 0 Å². The van der Waals surface area contributed by atoms with Gasteiger partial charge in [-0.25, -0.2) is 14.6 Å². The van der Waals surface area contributed by atoms with Crippen LogP contribution in [-0.4, -0.2) is 19.7 Å². The number of hydrogen-bond donors (Lipinski definition) is 0. The number of nitrogens with zero attached hydrogens (tertiary/aromatic N) is 4. The molecule has 0 fully saturated rings. The quantitative estimate of drug-likeness (QED) is 0.184. The molecule has 49 heavy (non-hydrogen) atoms. The highest BCUT2D eigenvalue weighted by molar-refractivity contribution is 6.17. The molecule has 7 aromatic carbocycles. The van der Waals surface area contributed by atoms with Crippen molar-refractivity contribution in [3.63, 3.8) is 0 Å². The predicted octanol–water partition coefficient (Wildman–Crippen LogP) is 11.3. The Morgan fingerprint density at radius 1 is 0.408 bits per heavy atom. The largest absolute Gasteiger partial charge is 0.232 e. The Bertz CT molecular complexity index is 2520. The molecule has 0 N–H and O–H groups in total. The fourth-order valence-corrected chi connectivity index (χ4v) is 6.69. The molecular weight excluding hydrogens is 597 g/mol. The minimum absolute atomic E-state index is 0.669. The van der Waals surface area contributed by atoms with E-state index < -0.39 is 0 Å². The zero-order valence-electron chi connectivity index (χ0n) is 26.6. The summed E-state index contributed by atoms with van der Waals surface area (Å²) in [5, 5.41) is 8.84. The molecule has 2 aromatic heterocycles. The van der Waals surface area contributed by atoms with Gasteiger partial charge >= 0.3 is 0 Å². The molecule has 9 aromatic rings. The van der Waals surface area contributed by atoms with Gasteiger partial charge in [0, 0.05) is 33.0 Å². The Hall–Kier alpha value is -6.65. The van der Waals surface area contributed by atoms with E-state index in [1.807, 2.05) is 42.5 Å². The number of aromatic nitrogens is 4. The van der Waals surface area contributed by atoms with Crippen LogP contribution in [0.1, 0.15) is 0 Å². The highest BCUT2D eigenvalue weighted by Crippen LogP contribution is 2.42. The lowest BCUT2D eigenvalue weighted by Crippen LogP contribution is -1.97. The Morgan fingerprint density at radius 2 is 0.939 bits per heavy atom. The first-order valence-corrected chi connectivity index (χ1v) is 16.5. The smallest absolute Gasteiger partial charge is 0.160 e. The van der Waals surface area contributed by atoms with E-state index in [0.29, 0.717) is 5.82 Å². The monoisotopic (exact) mass is 626 g/mol. The molecule has 0 saturated heterocycles. The van der Waals surface area contributed by atoms with Crippen LogP contribution in [0.2, 0.25) is 0 Å². The molecule has 0 radical (unpaired) electrons. The molecule has 4 heteroatoms. The zero-order valence-corrected chi connectivity index (χ0v) is 26.6. The molecule has 230 valence electrons. The van der Waals surface area contributed by atoms with Crippen molar-refractivity contribution >= 4 is 21.7 Å². The molecule has 0 aliphatic carbocycles. The highest BCUT2D eigenvalue weighted by Gasteiger charge is 2.22. The van der Waals surface area contributed by atoms with E-state index in [1.54, 1.807) is 0 Å². The van der Waals surface area contributed by atoms with Gasteiger partial charge in [0.2, 0.25) is 0 Å². The molecular formula is C45H30N4. The fourth-order valence-electron chi connectivity index (χ4n) is 6.69. The van der Waals surface area contributed by atoms with E-state index in [2.05, 4.69) is 144 Å². The molecule has 0 spiro atoms. The van der Waals surface area contributed by atoms with Crippen LogP contribution >= 0.6 is 0 Å². The number of benzene rings is 7. The maximum Gasteiger partial charge on any atom is 0.160 e. The summed E-state index contributed by atoms with van der Waals surface area (Å²) in [5.74, 6) is 0.669. The first kappa shape index (κ1) is 28.6. The summed E-state index contributed by atoms with van der Waals surface area (Å²) in [6, 6.07) is 63.1. The molecule has 9 rings (SSSR count). The summed E-state index contributed by atoms with van der Waals surface area (Å²) in [4.78, 5) is 10.2. The van der Waals surface area contributed by atoms with Crippen molar-refractivity contribution in [2.75, 3.05) is 0 Å². The molecule has 0 saturated carbocycles. The normalized spacial score (nSPS) is 11.3. The Kier molecular flexibility index (Phi) is 7.10. The number of para-hydroxylation sites is 1. The number of fused-ring (bicyclic) bond motifs is 3. The first-order chi connectivity index (χ1) is 24.3. The molecule has 2 heterocycles. The van der Waals surface area contributed by atoms with Crippen LogP contribution in [0, 0.1) is 0 Å². The summed E-state index contributed by atoms with van der Waals surface area (Å²) < 4.78 is 2.10. The summed E-state index contributed by atoms with van der Waals surface area (Å²) in [6.07, 6.45) is 0. The number of rotatable bonds is 6. The second-order valence-electron chi connectivity index (χ2n) is 12.1. The van der Waals surface area contributed by atoms with Gasteiger partial charge in [-0.2, -0.15) is 5.10 Å². The molecule has 0 aliphatic heterocycles. The van der Waals surface area contributed by atoms with Gasteiger partial charge in [-0.1, -0.05) is 152 Å². The van der Waals surface area contributed by atoms with Crippen LogP contribution in [0.15, 0.2) is 182 Å². The van der Waals surface area contributed by atoms with E-state index in [1.165, 1.54) is 5.39 Å². The minimum Gasteiger partial charge on any atom is -0.232 e. The average Bonchev–Trinajstić information content (AvgIpc) is 3.60. The lowest BCUT2D eigenvalue weighted by Gasteiger charge is -2.11. The Morgan fingerprint density at radius 3 is 1.59 bits per heavy atom. The topological polar surface area (TPSA) is 43.6 Å². The van der Waals surface area contributed by atoms with Gasteiger partial charge in [-0.05, 0) is 46.8 Å². The lowest BCUT2D eigenvalue weighted by molar-refractivity contribution is 0.918. The molecule has 0 unspecified atom stereocenters. The second kappa shape index (κ2) is 12.2. The van der Waals surface area contributed by atoms with Crippen molar-refractivity contribution < 1.29 is 0 Å². The van der Waals surface area contributed by atoms with E-state index in [4.69, 9.17) is 15.1 Å². The minimum atomic E-state index is 0.669. The van der Waals surface area contributed by atoms with Crippen LogP contribution in [0.3, 0.4) is 0 Å². The SMILES string of the molecule is c1ccc(-c2cc(-c3ccccc3)nc(-c3cccc(-c4nn(-c5ccccc5)c5c4c(-c4ccccc4)cc4ccccc45)c3)n2)cc1. The van der Waals surface area contributed by atoms with Crippen LogP contribution in [-0.2, 0) is 0 Å². The fraction of sp³-hybridized carbons (Fsp3) is 0. The van der Waals surface area contributed by atoms with Crippen LogP contribution in [0.25, 0.3) is 83.6 Å². The highest BCUT2D eigenvalue weighted by atomic mass is 15.3. The lowest BCUT2D eigenvalue weighted by atomic mass is 9.93. The second-order valence-corrected chi connectivity index (χ2v) is 12.1. The van der Waals surface area contributed by atoms with Crippen molar-refractivity contribution in [1.29, 1.82) is 0 Å². The van der Waals surface area contributed by atoms with Crippen LogP contribution in [0.5, 0.6) is 0 Å². The summed E-state index contributed by atoms with van der Waals surface area (Å²) >= 11 is 0. The standard InChI is InChI=1S/C45H30N4/c1-5-16-31(17-6-1)39-29-34-22-13-14-27-38(34)44-42(39)43(48-49(44)37-25-11-4-12-26-37)35-23-15-24-36(28-35)45-46-40(32-18-7-2-8-19-32)30-41(47-45)33-20-9-3-10-21-33/h1-30H. The van der Waals surface area contributed by atoms with Gasteiger partial charge in [-0.3, -0.25) is 0 Å². The van der Waals surface area contributed by atoms with Gasteiger partial charge in [0.05, 0.1) is 22.6 Å². The Labute approximate surface area is 284 Å². The molecule has 0 amide bonds. The summed E-state index contributed by atoms with van der Waals surface area (Å²) in [6.45, 7) is 0. The number of hydrogen-bond acceptors (Lipinski definition) is 3.